The maximum atomic E-state index is 13.4. The van der Waals surface area contributed by atoms with Gasteiger partial charge in [-0.25, -0.2) is 58.9 Å². The molecule has 0 heterocycles. The summed E-state index contributed by atoms with van der Waals surface area (Å²) in [5.74, 6) is 6.75. The minimum atomic E-state index is -3.85. The molecule has 17 aromatic carbocycles. The third-order valence-electron chi connectivity index (χ3n) is 22.9. The monoisotopic (exact) mass is 2030 g/mol. The number of benzene rings is 17. The zero-order valence-electron chi connectivity index (χ0n) is 78.6. The molecule has 0 aliphatic carbocycles. The van der Waals surface area contributed by atoms with E-state index in [2.05, 4.69) is 38.1 Å². The molecule has 0 amide bonds. The highest BCUT2D eigenvalue weighted by Crippen LogP contribution is 2.39. The first-order chi connectivity index (χ1) is 67.7. The van der Waals surface area contributed by atoms with Crippen molar-refractivity contribution in [3.05, 3.63) is 446 Å². The Hall–Kier alpha value is -15.2. The van der Waals surface area contributed by atoms with Crippen molar-refractivity contribution in [3.63, 3.8) is 0 Å². The Balaban J connectivity index is 0.000000155. The number of aryl methyl sites for hydroxylation is 4. The summed E-state index contributed by atoms with van der Waals surface area (Å²) in [6.45, 7) is 12.0. The van der Waals surface area contributed by atoms with E-state index in [9.17, 15) is 58.9 Å². The molecule has 0 aromatic heterocycles. The lowest BCUT2D eigenvalue weighted by molar-refractivity contribution is 0.413. The molecule has 0 atom stereocenters. The molecule has 0 aliphatic rings. The van der Waals surface area contributed by atoms with Crippen molar-refractivity contribution in [2.24, 2.45) is 0 Å². The minimum Gasteiger partial charge on any atom is -0.497 e. The lowest BCUT2D eigenvalue weighted by Gasteiger charge is -2.26. The summed E-state index contributed by atoms with van der Waals surface area (Å²) in [5.41, 5.74) is 7.60. The summed E-state index contributed by atoms with van der Waals surface area (Å²) in [6, 6.07) is 112. The molecule has 142 heavy (non-hydrogen) atoms. The van der Waals surface area contributed by atoms with E-state index >= 15 is 0 Å². The lowest BCUT2D eigenvalue weighted by atomic mass is 9.78. The predicted molar refractivity (Wildman–Crippen MR) is 544 cm³/mol. The molecule has 29 heteroatoms. The first kappa shape index (κ1) is 103. The van der Waals surface area contributed by atoms with Crippen LogP contribution in [0.25, 0.3) is 11.1 Å². The molecular weight excluding hydrogens is 1930 g/mol. The van der Waals surface area contributed by atoms with E-state index in [1.54, 1.807) is 257 Å². The highest BCUT2D eigenvalue weighted by Gasteiger charge is 2.28. The molecule has 0 saturated carbocycles. The molecule has 17 aromatic rings. The van der Waals surface area contributed by atoms with Crippen LogP contribution in [0.3, 0.4) is 0 Å². The van der Waals surface area contributed by atoms with Gasteiger partial charge in [-0.1, -0.05) is 133 Å². The van der Waals surface area contributed by atoms with E-state index in [4.69, 9.17) is 37.9 Å². The van der Waals surface area contributed by atoms with Crippen molar-refractivity contribution < 1.29 is 96.8 Å². The zero-order valence-corrected chi connectivity index (χ0v) is 84.3. The van der Waals surface area contributed by atoms with Crippen molar-refractivity contribution in [1.29, 1.82) is 0 Å². The van der Waals surface area contributed by atoms with Crippen LogP contribution in [0.2, 0.25) is 0 Å². The van der Waals surface area contributed by atoms with Gasteiger partial charge in [0.25, 0.3) is 0 Å². The average molecular weight is 2030 g/mol. The molecule has 0 N–H and O–H groups in total. The van der Waals surface area contributed by atoms with E-state index < -0.39 is 68.9 Å². The van der Waals surface area contributed by atoms with E-state index in [0.29, 0.717) is 57.5 Å². The number of ether oxygens (including phenoxy) is 8. The summed E-state index contributed by atoms with van der Waals surface area (Å²) in [6.07, 6.45) is 0. The molecule has 0 radical (unpaired) electrons. The number of rotatable bonds is 29. The molecule has 0 spiro atoms. The number of sulfone groups is 7. The fraction of sp³-hybridized carbons (Fsp3) is 0.0973. The van der Waals surface area contributed by atoms with E-state index in [1.165, 1.54) is 141 Å². The Morgan fingerprint density at radius 2 is 0.254 bits per heavy atom. The quantitative estimate of drug-likeness (QED) is 0.0420. The Kier molecular flexibility index (Phi) is 31.9. The van der Waals surface area contributed by atoms with Crippen LogP contribution < -0.4 is 37.9 Å². The second-order valence-electron chi connectivity index (χ2n) is 33.0. The standard InChI is InChI=1S/C38H30O8S3.C29H28O4S.C26H22O6S2.C20H18O4S/c1-27-3-15-33(16-4-27)47(39,40)34-17-5-28(6-18-34)29-7-19-35(20-8-29)48(41,42)37-23-11-31(12-24-37)46-32-13-25-38(26-14-32)49(43,44)36-21-9-30(45-2)10-22-36;1-21-5-17-27(18-6-21)34(30,31)28-19-15-26(16-20-28)33-25-13-9-23(10-14-25)29(2,3)22-7-11-24(32-4)12-8-22;1-19-3-11-23(12-4-19)33(27,28)25-15-7-21(8-16-25)32-22-9-17-26(18-10-22)34(29,30)24-13-5-20(31-2)6-14-24;1-15-3-11-19(12-4-15)25(21,22)20-13-9-18(10-14-20)24-17-7-5-16(23-2)6-8-17/h3-26H,1-2H3;5-20H,1-4H3;3-18H,1-2H3;3-14H,1-2H3. The fourth-order valence-electron chi connectivity index (χ4n) is 14.4. The van der Waals surface area contributed by atoms with Gasteiger partial charge in [0.15, 0.2) is 0 Å². The lowest BCUT2D eigenvalue weighted by Crippen LogP contribution is -2.18. The highest BCUT2D eigenvalue weighted by atomic mass is 32.2. The Labute approximate surface area is 829 Å². The Morgan fingerprint density at radius 3 is 0.401 bits per heavy atom. The summed E-state index contributed by atoms with van der Waals surface area (Å²) in [7, 11) is -19.4. The first-order valence-corrected chi connectivity index (χ1v) is 54.4. The maximum absolute atomic E-state index is 13.4. The molecule has 0 fully saturated rings. The molecule has 0 bridgehead atoms. The van der Waals surface area contributed by atoms with Gasteiger partial charge in [-0.05, 0) is 365 Å². The normalized spacial score (nSPS) is 11.7. The Bertz CT molecular complexity index is 8110. The van der Waals surface area contributed by atoms with Crippen molar-refractivity contribution in [2.75, 3.05) is 28.4 Å². The van der Waals surface area contributed by atoms with E-state index in [0.717, 1.165) is 50.4 Å². The third kappa shape index (κ3) is 24.6. The van der Waals surface area contributed by atoms with Crippen molar-refractivity contribution >= 4 is 68.9 Å². The summed E-state index contributed by atoms with van der Waals surface area (Å²) >= 11 is 0. The topological polar surface area (TPSA) is 313 Å². The van der Waals surface area contributed by atoms with Crippen LogP contribution in [-0.2, 0) is 74.3 Å². The van der Waals surface area contributed by atoms with Crippen molar-refractivity contribution in [2.45, 2.75) is 115 Å². The van der Waals surface area contributed by atoms with Crippen molar-refractivity contribution in [1.82, 2.24) is 0 Å². The molecule has 22 nitrogen and oxygen atoms in total. The molecule has 724 valence electrons. The summed E-state index contributed by atoms with van der Waals surface area (Å²) in [4.78, 5) is 2.48. The second-order valence-corrected chi connectivity index (χ2v) is 46.6. The van der Waals surface area contributed by atoms with Crippen LogP contribution in [0, 0.1) is 27.7 Å². The molecular formula is C113H98O22S7. The number of hydrogen-bond donors (Lipinski definition) is 0. The van der Waals surface area contributed by atoms with Crippen molar-refractivity contribution in [3.8, 4) is 80.1 Å². The van der Waals surface area contributed by atoms with Gasteiger partial charge in [0, 0.05) is 5.41 Å². The largest absolute Gasteiger partial charge is 0.497 e. The maximum Gasteiger partial charge on any atom is 0.206 e. The number of hydrogen-bond acceptors (Lipinski definition) is 22. The van der Waals surface area contributed by atoms with Gasteiger partial charge < -0.3 is 37.9 Å². The smallest absolute Gasteiger partial charge is 0.206 e. The fourth-order valence-corrected chi connectivity index (χ4v) is 23.2. The SMILES string of the molecule is COc1ccc(C(C)(C)c2ccc(Oc3ccc(S(=O)(=O)c4ccc(C)cc4)cc3)cc2)cc1.COc1ccc(Oc2ccc(S(=O)(=O)c3ccc(C)cc3)cc2)cc1.COc1ccc(S(=O)(=O)c2ccc(Oc3ccc(S(=O)(=O)c4ccc(-c5ccc(S(=O)(=O)c6ccc(C)cc6)cc5)cc4)cc3)cc2)cc1.COc1ccc(S(=O)(=O)c2ccc(Oc3ccc(S(=O)(=O)c4ccc(C)cc4)cc3)cc2)cc1. The van der Waals surface area contributed by atoms with Gasteiger partial charge in [0.2, 0.25) is 68.9 Å². The molecule has 0 aliphatic heterocycles. The Morgan fingerprint density at radius 1 is 0.148 bits per heavy atom. The van der Waals surface area contributed by atoms with Crippen LogP contribution >= 0.6 is 0 Å². The van der Waals surface area contributed by atoms with Gasteiger partial charge in [-0.2, -0.15) is 0 Å². The average Bonchev–Trinajstić information content (AvgIpc) is 0.780. The van der Waals surface area contributed by atoms with E-state index in [-0.39, 0.29) is 74.0 Å². The molecule has 17 rings (SSSR count). The first-order valence-electron chi connectivity index (χ1n) is 44.0. The minimum absolute atomic E-state index is 0.0687. The molecule has 0 unspecified atom stereocenters. The second kappa shape index (κ2) is 44.1. The van der Waals surface area contributed by atoms with Crippen LogP contribution in [0.15, 0.2) is 481 Å². The van der Waals surface area contributed by atoms with Gasteiger partial charge in [-0.3, -0.25) is 0 Å². The third-order valence-corrected chi connectivity index (χ3v) is 35.4. The van der Waals surface area contributed by atoms with Crippen LogP contribution in [-0.4, -0.2) is 87.4 Å². The predicted octanol–water partition coefficient (Wildman–Crippen LogP) is 25.0. The van der Waals surface area contributed by atoms with E-state index in [1.807, 2.05) is 52.0 Å². The molecule has 0 saturated heterocycles. The zero-order chi connectivity index (χ0) is 101. The van der Waals surface area contributed by atoms with Crippen LogP contribution in [0.4, 0.5) is 0 Å². The highest BCUT2D eigenvalue weighted by molar-refractivity contribution is 7.93. The summed E-state index contributed by atoms with van der Waals surface area (Å²) in [5, 5.41) is 0. The van der Waals surface area contributed by atoms with Crippen LogP contribution in [0.5, 0.6) is 69.0 Å². The van der Waals surface area contributed by atoms with Gasteiger partial charge >= 0.3 is 0 Å². The summed E-state index contributed by atoms with van der Waals surface area (Å²) < 4.78 is 225. The number of methoxy groups -OCH3 is 4. The van der Waals surface area contributed by atoms with Crippen LogP contribution in [0.1, 0.15) is 47.2 Å². The van der Waals surface area contributed by atoms with Gasteiger partial charge in [-0.15, -0.1) is 0 Å². The van der Waals surface area contributed by atoms with Gasteiger partial charge in [0.05, 0.1) is 97.0 Å². The van der Waals surface area contributed by atoms with Gasteiger partial charge in [0.1, 0.15) is 69.0 Å².